The Labute approximate surface area is 109 Å². The standard InChI is InChI=1S/C10H13ClN2O3S/c1-3-15-17-16-6-8(12)7-5-13-10(11)4-9(7)14-2/h4-6H,3,12H2,1-2H3. The predicted molar refractivity (Wildman–Crippen MR) is 68.3 cm³/mol. The summed E-state index contributed by atoms with van der Waals surface area (Å²) in [5, 5.41) is 0.336. The molecule has 0 aliphatic rings. The van der Waals surface area contributed by atoms with Crippen LogP contribution in [0.4, 0.5) is 0 Å². The van der Waals surface area contributed by atoms with E-state index in [9.17, 15) is 0 Å². The van der Waals surface area contributed by atoms with Crippen molar-refractivity contribution in [3.63, 3.8) is 0 Å². The van der Waals surface area contributed by atoms with Gasteiger partial charge in [0.2, 0.25) is 12.3 Å². The van der Waals surface area contributed by atoms with Crippen molar-refractivity contribution in [3.05, 3.63) is 29.2 Å². The number of ether oxygens (including phenoxy) is 1. The zero-order valence-corrected chi connectivity index (χ0v) is 11.0. The third-order valence-corrected chi connectivity index (χ3v) is 2.46. The molecular formula is C10H13ClN2O3S. The van der Waals surface area contributed by atoms with Crippen LogP contribution in [0.1, 0.15) is 12.5 Å². The molecule has 0 bridgehead atoms. The lowest BCUT2D eigenvalue weighted by Gasteiger charge is -2.08. The molecule has 7 heteroatoms. The quantitative estimate of drug-likeness (QED) is 0.373. The minimum absolute atomic E-state index is 0.336. The van der Waals surface area contributed by atoms with Crippen LogP contribution in [-0.4, -0.2) is 18.7 Å². The lowest BCUT2D eigenvalue weighted by molar-refractivity contribution is 0.356. The average Bonchev–Trinajstić information content (AvgIpc) is 2.34. The van der Waals surface area contributed by atoms with Gasteiger partial charge in [-0.25, -0.2) is 4.98 Å². The number of hydrogen-bond donors (Lipinski definition) is 1. The van der Waals surface area contributed by atoms with Crippen LogP contribution in [0.5, 0.6) is 5.75 Å². The topological polar surface area (TPSA) is 66.6 Å². The first-order chi connectivity index (χ1) is 8.19. The van der Waals surface area contributed by atoms with Crippen LogP contribution >= 0.6 is 23.9 Å². The molecule has 1 aromatic rings. The van der Waals surface area contributed by atoms with Crippen LogP contribution < -0.4 is 10.5 Å². The van der Waals surface area contributed by atoms with Crippen molar-refractivity contribution in [2.24, 2.45) is 5.73 Å². The maximum Gasteiger partial charge on any atom is 0.224 e. The normalized spacial score (nSPS) is 11.4. The highest BCUT2D eigenvalue weighted by Crippen LogP contribution is 2.25. The number of nitrogens with two attached hydrogens (primary N) is 1. The first-order valence-electron chi connectivity index (χ1n) is 4.79. The molecule has 0 radical (unpaired) electrons. The van der Waals surface area contributed by atoms with E-state index in [0.29, 0.717) is 28.8 Å². The minimum atomic E-state index is 0.336. The van der Waals surface area contributed by atoms with E-state index in [1.807, 2.05) is 6.92 Å². The van der Waals surface area contributed by atoms with Crippen molar-refractivity contribution in [2.45, 2.75) is 6.92 Å². The molecule has 1 heterocycles. The van der Waals surface area contributed by atoms with Crippen molar-refractivity contribution in [1.29, 1.82) is 0 Å². The lowest BCUT2D eigenvalue weighted by Crippen LogP contribution is -2.01. The van der Waals surface area contributed by atoms with Crippen molar-refractivity contribution >= 4 is 29.6 Å². The molecule has 5 nitrogen and oxygen atoms in total. The molecule has 0 unspecified atom stereocenters. The third kappa shape index (κ3) is 4.33. The van der Waals surface area contributed by atoms with Crippen LogP contribution in [-0.2, 0) is 8.37 Å². The molecule has 94 valence electrons. The number of methoxy groups -OCH3 is 1. The van der Waals surface area contributed by atoms with Gasteiger partial charge < -0.3 is 14.7 Å². The Balaban J connectivity index is 2.77. The van der Waals surface area contributed by atoms with Gasteiger partial charge in [-0.1, -0.05) is 11.6 Å². The zero-order chi connectivity index (χ0) is 12.7. The van der Waals surface area contributed by atoms with E-state index in [1.54, 1.807) is 6.07 Å². The van der Waals surface area contributed by atoms with Gasteiger partial charge in [-0.05, 0) is 6.92 Å². The summed E-state index contributed by atoms with van der Waals surface area (Å²) in [6.07, 6.45) is 2.87. The van der Waals surface area contributed by atoms with Crippen molar-refractivity contribution in [2.75, 3.05) is 13.7 Å². The van der Waals surface area contributed by atoms with Gasteiger partial charge in [-0.15, -0.1) is 0 Å². The van der Waals surface area contributed by atoms with Gasteiger partial charge in [0, 0.05) is 12.3 Å². The maximum atomic E-state index is 5.81. The summed E-state index contributed by atoms with van der Waals surface area (Å²) in [7, 11) is 1.53. The van der Waals surface area contributed by atoms with Crippen LogP contribution in [0.3, 0.4) is 0 Å². The highest BCUT2D eigenvalue weighted by atomic mass is 35.5. The summed E-state index contributed by atoms with van der Waals surface area (Å²) in [6.45, 7) is 2.40. The summed E-state index contributed by atoms with van der Waals surface area (Å²) in [4.78, 5) is 3.92. The van der Waals surface area contributed by atoms with E-state index in [4.69, 9.17) is 30.4 Å². The molecule has 0 amide bonds. The number of aromatic nitrogens is 1. The monoisotopic (exact) mass is 276 g/mol. The maximum absolute atomic E-state index is 5.81. The molecule has 17 heavy (non-hydrogen) atoms. The largest absolute Gasteiger partial charge is 0.496 e. The molecule has 2 N–H and O–H groups in total. The highest BCUT2D eigenvalue weighted by molar-refractivity contribution is 7.89. The summed E-state index contributed by atoms with van der Waals surface area (Å²) < 4.78 is 15.1. The number of pyridine rings is 1. The first kappa shape index (κ1) is 14.0. The highest BCUT2D eigenvalue weighted by Gasteiger charge is 2.07. The molecule has 1 aromatic heterocycles. The number of halogens is 1. The Hall–Kier alpha value is -1.11. The summed E-state index contributed by atoms with van der Waals surface area (Å²) >= 11 is 6.59. The fourth-order valence-electron chi connectivity index (χ4n) is 1.01. The molecular weight excluding hydrogens is 264 g/mol. The van der Waals surface area contributed by atoms with Crippen molar-refractivity contribution in [1.82, 2.24) is 4.98 Å². The molecule has 0 atom stereocenters. The van der Waals surface area contributed by atoms with E-state index in [2.05, 4.69) is 4.98 Å². The van der Waals surface area contributed by atoms with Gasteiger partial charge in [0.1, 0.15) is 17.2 Å². The van der Waals surface area contributed by atoms with Crippen LogP contribution in [0.15, 0.2) is 18.5 Å². The van der Waals surface area contributed by atoms with Crippen LogP contribution in [0.2, 0.25) is 5.15 Å². The number of hydrogen-bond acceptors (Lipinski definition) is 6. The lowest BCUT2D eigenvalue weighted by atomic mass is 10.2. The molecule has 0 saturated heterocycles. The smallest absolute Gasteiger partial charge is 0.224 e. The summed E-state index contributed by atoms with van der Waals surface area (Å²) in [5.74, 6) is 0.531. The predicted octanol–water partition coefficient (Wildman–Crippen LogP) is 2.62. The summed E-state index contributed by atoms with van der Waals surface area (Å²) in [6, 6.07) is 1.58. The van der Waals surface area contributed by atoms with Gasteiger partial charge >= 0.3 is 0 Å². The number of nitrogens with zero attached hydrogens (tertiary/aromatic N) is 1. The van der Waals surface area contributed by atoms with Crippen LogP contribution in [0, 0.1) is 0 Å². The fourth-order valence-corrected chi connectivity index (χ4v) is 1.45. The van der Waals surface area contributed by atoms with Crippen molar-refractivity contribution in [3.8, 4) is 5.75 Å². The molecule has 1 rings (SSSR count). The third-order valence-electron chi connectivity index (χ3n) is 1.74. The SMILES string of the molecule is CCOSOC=C(N)c1cnc(Cl)cc1OC. The Kier molecular flexibility index (Phi) is 5.96. The van der Waals surface area contributed by atoms with E-state index in [1.165, 1.54) is 19.6 Å². The van der Waals surface area contributed by atoms with Gasteiger partial charge in [0.05, 0.1) is 25.0 Å². The molecule has 0 saturated carbocycles. The van der Waals surface area contributed by atoms with Gasteiger partial charge in [0.25, 0.3) is 0 Å². The Morgan fingerprint density at radius 2 is 2.41 bits per heavy atom. The Morgan fingerprint density at radius 1 is 1.65 bits per heavy atom. The minimum Gasteiger partial charge on any atom is -0.496 e. The molecule has 0 spiro atoms. The molecule has 0 fully saturated rings. The second-order valence-electron chi connectivity index (χ2n) is 2.85. The van der Waals surface area contributed by atoms with Crippen LogP contribution in [0.25, 0.3) is 5.70 Å². The van der Waals surface area contributed by atoms with Gasteiger partial charge in [0.15, 0.2) is 0 Å². The summed E-state index contributed by atoms with van der Waals surface area (Å²) in [5.41, 5.74) is 6.79. The fraction of sp³-hybridized carbons (Fsp3) is 0.300. The second-order valence-corrected chi connectivity index (χ2v) is 3.80. The van der Waals surface area contributed by atoms with Gasteiger partial charge in [-0.2, -0.15) is 0 Å². The van der Waals surface area contributed by atoms with E-state index >= 15 is 0 Å². The van der Waals surface area contributed by atoms with Gasteiger partial charge in [-0.3, -0.25) is 4.18 Å². The zero-order valence-electron chi connectivity index (χ0n) is 9.47. The average molecular weight is 277 g/mol. The van der Waals surface area contributed by atoms with Crippen molar-refractivity contribution < 1.29 is 13.1 Å². The molecule has 0 aromatic carbocycles. The Bertz CT molecular complexity index is 401. The van der Waals surface area contributed by atoms with E-state index < -0.39 is 0 Å². The first-order valence-corrected chi connectivity index (χ1v) is 5.84. The number of rotatable bonds is 6. The molecule has 0 aliphatic heterocycles. The van der Waals surface area contributed by atoms with E-state index in [-0.39, 0.29) is 0 Å². The second kappa shape index (κ2) is 7.26. The molecule has 0 aliphatic carbocycles. The van der Waals surface area contributed by atoms with E-state index in [0.717, 1.165) is 12.3 Å². The Morgan fingerprint density at radius 3 is 3.06 bits per heavy atom.